The smallest absolute Gasteiger partial charge is 0.243 e. The van der Waals surface area contributed by atoms with Gasteiger partial charge in [-0.15, -0.1) is 0 Å². The van der Waals surface area contributed by atoms with Crippen LogP contribution in [0.25, 0.3) is 0 Å². The molecule has 1 heterocycles. The Kier molecular flexibility index (Phi) is 5.01. The van der Waals surface area contributed by atoms with E-state index in [1.807, 2.05) is 0 Å². The molecule has 0 radical (unpaired) electrons. The van der Waals surface area contributed by atoms with Gasteiger partial charge in [0.15, 0.2) is 0 Å². The largest absolute Gasteiger partial charge is 0.386 e. The zero-order valence-electron chi connectivity index (χ0n) is 10.2. The predicted octanol–water partition coefficient (Wildman–Crippen LogP) is 2.19. The Hall–Kier alpha value is 0.110. The van der Waals surface area contributed by atoms with Crippen LogP contribution in [0.5, 0.6) is 0 Å². The number of aliphatic hydroxyl groups is 1. The highest BCUT2D eigenvalue weighted by molar-refractivity contribution is 9.10. The van der Waals surface area contributed by atoms with Crippen LogP contribution in [0, 0.1) is 0 Å². The van der Waals surface area contributed by atoms with Crippen LogP contribution in [0.1, 0.15) is 6.42 Å². The highest BCUT2D eigenvalue weighted by atomic mass is 79.9. The second-order valence-electron chi connectivity index (χ2n) is 4.55. The van der Waals surface area contributed by atoms with E-state index in [4.69, 9.17) is 27.9 Å². The maximum absolute atomic E-state index is 12.2. The molecule has 2 N–H and O–H groups in total. The maximum atomic E-state index is 12.2. The van der Waals surface area contributed by atoms with Crippen molar-refractivity contribution in [1.82, 2.24) is 4.72 Å². The molecule has 1 atom stereocenters. The van der Waals surface area contributed by atoms with E-state index in [2.05, 4.69) is 20.7 Å². The number of ether oxygens (including phenoxy) is 1. The van der Waals surface area contributed by atoms with E-state index in [0.717, 1.165) is 0 Å². The molecule has 1 aromatic carbocycles. The van der Waals surface area contributed by atoms with Gasteiger partial charge in [0.25, 0.3) is 0 Å². The highest BCUT2D eigenvalue weighted by Crippen LogP contribution is 2.33. The van der Waals surface area contributed by atoms with E-state index in [0.29, 0.717) is 17.5 Å². The summed E-state index contributed by atoms with van der Waals surface area (Å²) in [5.41, 5.74) is -1.19. The Morgan fingerprint density at radius 2 is 2.00 bits per heavy atom. The van der Waals surface area contributed by atoms with Gasteiger partial charge in [0.1, 0.15) is 10.5 Å². The van der Waals surface area contributed by atoms with Gasteiger partial charge in [-0.1, -0.05) is 39.1 Å². The van der Waals surface area contributed by atoms with Crippen molar-refractivity contribution in [2.24, 2.45) is 0 Å². The van der Waals surface area contributed by atoms with Crippen molar-refractivity contribution < 1.29 is 18.3 Å². The zero-order valence-corrected chi connectivity index (χ0v) is 14.1. The molecule has 0 bridgehead atoms. The third-order valence-corrected chi connectivity index (χ3v) is 5.69. The fourth-order valence-corrected chi connectivity index (χ4v) is 4.88. The number of nitrogens with one attached hydrogen (secondary N) is 1. The van der Waals surface area contributed by atoms with Gasteiger partial charge in [0.2, 0.25) is 10.0 Å². The summed E-state index contributed by atoms with van der Waals surface area (Å²) in [7, 11) is -3.91. The van der Waals surface area contributed by atoms with Gasteiger partial charge in [0.05, 0.1) is 16.7 Å². The van der Waals surface area contributed by atoms with Gasteiger partial charge < -0.3 is 9.84 Å². The molecule has 112 valence electrons. The van der Waals surface area contributed by atoms with Crippen LogP contribution in [-0.2, 0) is 14.8 Å². The van der Waals surface area contributed by atoms with Crippen molar-refractivity contribution in [3.05, 3.63) is 26.7 Å². The maximum Gasteiger partial charge on any atom is 0.243 e. The molecule has 0 spiro atoms. The molecule has 9 heteroatoms. The van der Waals surface area contributed by atoms with Gasteiger partial charge in [-0.25, -0.2) is 13.1 Å². The van der Waals surface area contributed by atoms with Crippen LogP contribution in [-0.4, -0.2) is 38.9 Å². The molecule has 0 aliphatic carbocycles. The molecule has 1 aliphatic rings. The molecule has 0 saturated carbocycles. The van der Waals surface area contributed by atoms with Crippen LogP contribution in [0.2, 0.25) is 10.0 Å². The van der Waals surface area contributed by atoms with Crippen LogP contribution in [0.3, 0.4) is 0 Å². The Morgan fingerprint density at radius 1 is 1.40 bits per heavy atom. The molecule has 1 fully saturated rings. The number of halogens is 3. The number of hydrogen-bond donors (Lipinski definition) is 2. The molecule has 1 unspecified atom stereocenters. The van der Waals surface area contributed by atoms with Crippen LogP contribution < -0.4 is 4.72 Å². The van der Waals surface area contributed by atoms with Crippen LogP contribution in [0.15, 0.2) is 21.5 Å². The number of benzene rings is 1. The SMILES string of the molecule is O=S(=O)(NCC1(O)CCOC1)c1c(Cl)cc(Br)cc1Cl. The summed E-state index contributed by atoms with van der Waals surface area (Å²) in [6, 6.07) is 2.88. The minimum atomic E-state index is -3.91. The predicted molar refractivity (Wildman–Crippen MR) is 79.7 cm³/mol. The minimum Gasteiger partial charge on any atom is -0.386 e. The second kappa shape index (κ2) is 6.08. The summed E-state index contributed by atoms with van der Waals surface area (Å²) in [6.07, 6.45) is 0.372. The molecular weight excluding hydrogens is 393 g/mol. The first kappa shape index (κ1) is 16.5. The van der Waals surface area contributed by atoms with Gasteiger partial charge in [0, 0.05) is 24.0 Å². The number of sulfonamides is 1. The van der Waals surface area contributed by atoms with Crippen molar-refractivity contribution in [2.45, 2.75) is 16.9 Å². The van der Waals surface area contributed by atoms with E-state index in [1.165, 1.54) is 12.1 Å². The number of hydrogen-bond acceptors (Lipinski definition) is 4. The first-order chi connectivity index (χ1) is 9.23. The summed E-state index contributed by atoms with van der Waals surface area (Å²) in [5.74, 6) is 0. The molecule has 0 amide bonds. The van der Waals surface area contributed by atoms with E-state index < -0.39 is 15.6 Å². The van der Waals surface area contributed by atoms with E-state index in [1.54, 1.807) is 0 Å². The first-order valence-corrected chi connectivity index (χ1v) is 8.71. The molecule has 1 aromatic rings. The Morgan fingerprint density at radius 3 is 2.50 bits per heavy atom. The van der Waals surface area contributed by atoms with Crippen molar-refractivity contribution in [3.8, 4) is 0 Å². The molecule has 1 aliphatic heterocycles. The lowest BCUT2D eigenvalue weighted by Crippen LogP contribution is -2.43. The first-order valence-electron chi connectivity index (χ1n) is 5.68. The standard InChI is InChI=1S/C11H12BrCl2NO4S/c12-7-3-8(13)10(9(14)4-7)20(17,18)15-5-11(16)1-2-19-6-11/h3-4,15-16H,1-2,5-6H2. The van der Waals surface area contributed by atoms with Crippen molar-refractivity contribution in [3.63, 3.8) is 0 Å². The molecule has 2 rings (SSSR count). The van der Waals surface area contributed by atoms with E-state index >= 15 is 0 Å². The monoisotopic (exact) mass is 403 g/mol. The molecule has 1 saturated heterocycles. The average molecular weight is 405 g/mol. The van der Waals surface area contributed by atoms with Crippen LogP contribution in [0.4, 0.5) is 0 Å². The van der Waals surface area contributed by atoms with Gasteiger partial charge in [-0.05, 0) is 12.1 Å². The minimum absolute atomic E-state index is 0.00605. The quantitative estimate of drug-likeness (QED) is 0.806. The van der Waals surface area contributed by atoms with Crippen molar-refractivity contribution in [1.29, 1.82) is 0 Å². The molecular formula is C11H12BrCl2NO4S. The molecule has 0 aromatic heterocycles. The van der Waals surface area contributed by atoms with E-state index in [9.17, 15) is 13.5 Å². The highest BCUT2D eigenvalue weighted by Gasteiger charge is 2.34. The normalized spacial score (nSPS) is 23.2. The lowest BCUT2D eigenvalue weighted by molar-refractivity contribution is 0.0314. The zero-order chi connectivity index (χ0) is 15.0. The average Bonchev–Trinajstić information content (AvgIpc) is 2.73. The van der Waals surface area contributed by atoms with Gasteiger partial charge in [-0.2, -0.15) is 0 Å². The van der Waals surface area contributed by atoms with Crippen molar-refractivity contribution >= 4 is 49.2 Å². The third kappa shape index (κ3) is 3.65. The number of rotatable bonds is 4. The van der Waals surface area contributed by atoms with E-state index in [-0.39, 0.29) is 28.1 Å². The summed E-state index contributed by atoms with van der Waals surface area (Å²) in [5, 5.41) is 10.1. The topological polar surface area (TPSA) is 75.6 Å². The summed E-state index contributed by atoms with van der Waals surface area (Å²) >= 11 is 15.0. The lowest BCUT2D eigenvalue weighted by atomic mass is 10.1. The lowest BCUT2D eigenvalue weighted by Gasteiger charge is -2.21. The van der Waals surface area contributed by atoms with Gasteiger partial charge >= 0.3 is 0 Å². The molecule has 20 heavy (non-hydrogen) atoms. The van der Waals surface area contributed by atoms with Crippen molar-refractivity contribution in [2.75, 3.05) is 19.8 Å². The van der Waals surface area contributed by atoms with Crippen LogP contribution >= 0.6 is 39.1 Å². The summed E-state index contributed by atoms with van der Waals surface area (Å²) < 4.78 is 32.4. The fraction of sp³-hybridized carbons (Fsp3) is 0.455. The fourth-order valence-electron chi connectivity index (χ4n) is 1.82. The summed E-state index contributed by atoms with van der Waals surface area (Å²) in [6.45, 7) is 0.341. The second-order valence-corrected chi connectivity index (χ2v) is 7.98. The Balaban J connectivity index is 2.23. The Bertz CT molecular complexity index is 594. The molecule has 5 nitrogen and oxygen atoms in total. The summed E-state index contributed by atoms with van der Waals surface area (Å²) in [4.78, 5) is -0.202. The Labute approximate surface area is 135 Å². The third-order valence-electron chi connectivity index (χ3n) is 2.91. The van der Waals surface area contributed by atoms with Gasteiger partial charge in [-0.3, -0.25) is 0 Å².